The van der Waals surface area contributed by atoms with Gasteiger partial charge in [0.05, 0.1) is 7.11 Å². The Morgan fingerprint density at radius 2 is 1.75 bits per heavy atom. The zero-order valence-electron chi connectivity index (χ0n) is 15.8. The van der Waals surface area contributed by atoms with Gasteiger partial charge in [-0.3, -0.25) is 14.3 Å². The van der Waals surface area contributed by atoms with Gasteiger partial charge in [-0.15, -0.1) is 0 Å². The average Bonchev–Trinajstić information content (AvgIpc) is 3.09. The Bertz CT molecular complexity index is 1090. The molecule has 0 bridgehead atoms. The van der Waals surface area contributed by atoms with Gasteiger partial charge in [0.25, 0.3) is 5.56 Å². The fraction of sp³-hybridized carbons (Fsp3) is 0.238. The van der Waals surface area contributed by atoms with Crippen LogP contribution in [0, 0.1) is 0 Å². The number of benzene rings is 2. The molecule has 7 heteroatoms. The Morgan fingerprint density at radius 1 is 1.04 bits per heavy atom. The molecule has 4 rings (SSSR count). The highest BCUT2D eigenvalue weighted by molar-refractivity contribution is 5.72. The van der Waals surface area contributed by atoms with E-state index in [4.69, 9.17) is 4.74 Å². The maximum atomic E-state index is 12.6. The molecule has 1 aliphatic heterocycles. The van der Waals surface area contributed by atoms with E-state index >= 15 is 0 Å². The minimum atomic E-state index is -0.425. The summed E-state index contributed by atoms with van der Waals surface area (Å²) in [6.45, 7) is 0.643. The van der Waals surface area contributed by atoms with E-state index in [9.17, 15) is 9.59 Å². The van der Waals surface area contributed by atoms with Crippen molar-refractivity contribution in [1.82, 2.24) is 9.55 Å². The van der Waals surface area contributed by atoms with Crippen molar-refractivity contribution < 1.29 is 4.74 Å². The smallest absolute Gasteiger partial charge is 0.329 e. The van der Waals surface area contributed by atoms with Gasteiger partial charge < -0.3 is 15.0 Å². The van der Waals surface area contributed by atoms with Crippen LogP contribution in [0.4, 0.5) is 11.5 Å². The maximum absolute atomic E-state index is 12.6. The Morgan fingerprint density at radius 3 is 2.43 bits per heavy atom. The summed E-state index contributed by atoms with van der Waals surface area (Å²) in [6, 6.07) is 17.8. The highest BCUT2D eigenvalue weighted by Crippen LogP contribution is 2.37. The number of aromatic nitrogens is 2. The second kappa shape index (κ2) is 7.26. The number of hydrogen-bond donors (Lipinski definition) is 2. The molecule has 1 unspecified atom stereocenters. The largest absolute Gasteiger partial charge is 0.497 e. The number of H-pyrrole nitrogens is 1. The Balaban J connectivity index is 1.72. The Kier molecular flexibility index (Phi) is 4.65. The SMILES string of the molecule is COc1ccc(C2Nc3c([nH]c(=O)n(C)c3=O)N2CCc2ccccc2)cc1. The van der Waals surface area contributed by atoms with E-state index in [1.807, 2.05) is 47.4 Å². The summed E-state index contributed by atoms with van der Waals surface area (Å²) in [5.41, 5.74) is 1.82. The van der Waals surface area contributed by atoms with Crippen LogP contribution in [0.25, 0.3) is 0 Å². The number of anilines is 2. The minimum Gasteiger partial charge on any atom is -0.497 e. The molecule has 28 heavy (non-hydrogen) atoms. The lowest BCUT2D eigenvalue weighted by atomic mass is 10.1. The predicted octanol–water partition coefficient (Wildman–Crippen LogP) is 2.26. The maximum Gasteiger partial charge on any atom is 0.329 e. The van der Waals surface area contributed by atoms with E-state index < -0.39 is 5.69 Å². The first kappa shape index (κ1) is 17.9. The van der Waals surface area contributed by atoms with Crippen molar-refractivity contribution in [2.24, 2.45) is 7.05 Å². The predicted molar refractivity (Wildman–Crippen MR) is 109 cm³/mol. The molecule has 2 heterocycles. The highest BCUT2D eigenvalue weighted by atomic mass is 16.5. The normalized spacial score (nSPS) is 15.2. The lowest BCUT2D eigenvalue weighted by Crippen LogP contribution is -2.34. The average molecular weight is 378 g/mol. The van der Waals surface area contributed by atoms with Crippen LogP contribution in [0.1, 0.15) is 17.3 Å². The van der Waals surface area contributed by atoms with Crippen molar-refractivity contribution in [1.29, 1.82) is 0 Å². The van der Waals surface area contributed by atoms with Crippen LogP contribution in [-0.4, -0.2) is 23.2 Å². The molecular formula is C21H22N4O3. The zero-order valence-corrected chi connectivity index (χ0v) is 15.8. The summed E-state index contributed by atoms with van der Waals surface area (Å²) in [5.74, 6) is 1.30. The third kappa shape index (κ3) is 3.15. The number of hydrogen-bond acceptors (Lipinski definition) is 5. The number of rotatable bonds is 5. The molecule has 0 fully saturated rings. The summed E-state index contributed by atoms with van der Waals surface area (Å²) in [5, 5.41) is 3.29. The molecule has 1 aliphatic rings. The van der Waals surface area contributed by atoms with E-state index in [-0.39, 0.29) is 11.7 Å². The fourth-order valence-corrected chi connectivity index (χ4v) is 3.48. The summed E-state index contributed by atoms with van der Waals surface area (Å²) in [4.78, 5) is 29.7. The zero-order chi connectivity index (χ0) is 19.7. The first-order valence-electron chi connectivity index (χ1n) is 9.13. The molecule has 0 aliphatic carbocycles. The molecule has 7 nitrogen and oxygen atoms in total. The van der Waals surface area contributed by atoms with Crippen LogP contribution in [0.5, 0.6) is 5.75 Å². The summed E-state index contributed by atoms with van der Waals surface area (Å²) >= 11 is 0. The molecule has 0 spiro atoms. The molecule has 0 amide bonds. The molecule has 2 aromatic carbocycles. The second-order valence-electron chi connectivity index (χ2n) is 6.77. The van der Waals surface area contributed by atoms with Crippen LogP contribution >= 0.6 is 0 Å². The quantitative estimate of drug-likeness (QED) is 0.712. The highest BCUT2D eigenvalue weighted by Gasteiger charge is 2.33. The number of ether oxygens (including phenoxy) is 1. The molecule has 1 aromatic heterocycles. The molecule has 144 valence electrons. The summed E-state index contributed by atoms with van der Waals surface area (Å²) < 4.78 is 6.32. The van der Waals surface area contributed by atoms with Gasteiger partial charge in [0.1, 0.15) is 23.4 Å². The lowest BCUT2D eigenvalue weighted by Gasteiger charge is -2.27. The summed E-state index contributed by atoms with van der Waals surface area (Å²) in [7, 11) is 3.09. The first-order chi connectivity index (χ1) is 13.6. The number of fused-ring (bicyclic) bond motifs is 1. The Hall–Kier alpha value is -3.48. The van der Waals surface area contributed by atoms with Crippen molar-refractivity contribution in [3.63, 3.8) is 0 Å². The second-order valence-corrected chi connectivity index (χ2v) is 6.77. The van der Waals surface area contributed by atoms with E-state index in [0.29, 0.717) is 18.1 Å². The van der Waals surface area contributed by atoms with Crippen LogP contribution in [-0.2, 0) is 13.5 Å². The molecule has 2 N–H and O–H groups in total. The van der Waals surface area contributed by atoms with Gasteiger partial charge in [-0.2, -0.15) is 0 Å². The number of methoxy groups -OCH3 is 1. The van der Waals surface area contributed by atoms with Crippen molar-refractivity contribution in [2.45, 2.75) is 12.6 Å². The van der Waals surface area contributed by atoms with Crippen LogP contribution < -0.4 is 26.2 Å². The van der Waals surface area contributed by atoms with Gasteiger partial charge in [-0.1, -0.05) is 42.5 Å². The van der Waals surface area contributed by atoms with Crippen molar-refractivity contribution in [2.75, 3.05) is 23.9 Å². The standard InChI is InChI=1S/C21H22N4O3/c1-24-20(26)17-19(23-21(24)27)25(13-12-14-6-4-3-5-7-14)18(22-17)15-8-10-16(28-2)11-9-15/h3-11,18,22H,12-13H2,1-2H3,(H,23,27). The summed E-state index contributed by atoms with van der Waals surface area (Å²) in [6.07, 6.45) is 0.529. The third-order valence-electron chi connectivity index (χ3n) is 5.08. The van der Waals surface area contributed by atoms with Gasteiger partial charge in [-0.25, -0.2) is 4.79 Å². The van der Waals surface area contributed by atoms with Crippen LogP contribution in [0.3, 0.4) is 0 Å². The topological polar surface area (TPSA) is 79.4 Å². The lowest BCUT2D eigenvalue weighted by molar-refractivity contribution is 0.414. The molecule has 3 aromatic rings. The molecule has 1 atom stereocenters. The van der Waals surface area contributed by atoms with Crippen molar-refractivity contribution in [3.8, 4) is 5.75 Å². The Labute approximate surface area is 162 Å². The van der Waals surface area contributed by atoms with Gasteiger partial charge in [0, 0.05) is 13.6 Å². The first-order valence-corrected chi connectivity index (χ1v) is 9.13. The van der Waals surface area contributed by atoms with Gasteiger partial charge >= 0.3 is 5.69 Å². The number of nitrogens with one attached hydrogen (secondary N) is 2. The fourth-order valence-electron chi connectivity index (χ4n) is 3.48. The van der Waals surface area contributed by atoms with Gasteiger partial charge in [-0.05, 0) is 29.7 Å². The van der Waals surface area contributed by atoms with Crippen LogP contribution in [0.15, 0.2) is 64.2 Å². The van der Waals surface area contributed by atoms with E-state index in [0.717, 1.165) is 22.3 Å². The van der Waals surface area contributed by atoms with Crippen molar-refractivity contribution in [3.05, 3.63) is 86.6 Å². The molecular weight excluding hydrogens is 356 g/mol. The van der Waals surface area contributed by atoms with Crippen molar-refractivity contribution >= 4 is 11.5 Å². The number of aromatic amines is 1. The van der Waals surface area contributed by atoms with Crippen LogP contribution in [0.2, 0.25) is 0 Å². The van der Waals surface area contributed by atoms with Gasteiger partial charge in [0.2, 0.25) is 0 Å². The van der Waals surface area contributed by atoms with E-state index in [1.54, 1.807) is 7.11 Å². The van der Waals surface area contributed by atoms with Gasteiger partial charge in [0.15, 0.2) is 0 Å². The molecule has 0 saturated carbocycles. The number of nitrogens with zero attached hydrogens (tertiary/aromatic N) is 2. The third-order valence-corrected chi connectivity index (χ3v) is 5.08. The molecule has 0 saturated heterocycles. The van der Waals surface area contributed by atoms with E-state index in [2.05, 4.69) is 22.4 Å². The monoisotopic (exact) mass is 378 g/mol. The molecule has 0 radical (unpaired) electrons. The van der Waals surface area contributed by atoms with E-state index in [1.165, 1.54) is 12.6 Å². The minimum absolute atomic E-state index is 0.254.